The van der Waals surface area contributed by atoms with Gasteiger partial charge in [-0.05, 0) is 35.9 Å². The zero-order valence-electron chi connectivity index (χ0n) is 16.0. The van der Waals surface area contributed by atoms with Crippen LogP contribution in [0.5, 0.6) is 0 Å². The van der Waals surface area contributed by atoms with Crippen LogP contribution >= 0.6 is 35.1 Å². The number of imide groups is 1. The van der Waals surface area contributed by atoms with Crippen LogP contribution in [0.1, 0.15) is 5.56 Å². The molecule has 2 heterocycles. The van der Waals surface area contributed by atoms with Crippen molar-refractivity contribution in [2.75, 3.05) is 16.8 Å². The Morgan fingerprint density at radius 2 is 2.00 bits per heavy atom. The maximum absolute atomic E-state index is 12.3. The van der Waals surface area contributed by atoms with Gasteiger partial charge in [-0.15, -0.1) is 10.2 Å². The summed E-state index contributed by atoms with van der Waals surface area (Å²) in [5.74, 6) is -0.0419. The predicted octanol–water partition coefficient (Wildman–Crippen LogP) is 3.85. The number of halogens is 1. The number of aromatic nitrogens is 3. The summed E-state index contributed by atoms with van der Waals surface area (Å²) in [5, 5.41) is 11.7. The average molecular weight is 474 g/mol. The molecule has 0 spiro atoms. The highest BCUT2D eigenvalue weighted by Crippen LogP contribution is 2.23. The largest absolute Gasteiger partial charge is 0.325 e. The van der Waals surface area contributed by atoms with E-state index in [9.17, 15) is 14.4 Å². The van der Waals surface area contributed by atoms with Crippen molar-refractivity contribution in [3.05, 3.63) is 65.4 Å². The van der Waals surface area contributed by atoms with Crippen LogP contribution < -0.4 is 5.32 Å². The molecule has 11 heteroatoms. The van der Waals surface area contributed by atoms with Crippen molar-refractivity contribution >= 4 is 57.9 Å². The van der Waals surface area contributed by atoms with Crippen LogP contribution in [0.15, 0.2) is 60.0 Å². The quantitative estimate of drug-likeness (QED) is 0.520. The number of hydrogen-bond donors (Lipinski definition) is 1. The fourth-order valence-corrected chi connectivity index (χ4v) is 4.50. The lowest BCUT2D eigenvalue weighted by molar-refractivity contribution is -0.125. The van der Waals surface area contributed by atoms with Gasteiger partial charge >= 0.3 is 0 Å². The van der Waals surface area contributed by atoms with Crippen LogP contribution in [0.2, 0.25) is 5.02 Å². The zero-order valence-corrected chi connectivity index (χ0v) is 18.4. The maximum Gasteiger partial charge on any atom is 0.289 e. The van der Waals surface area contributed by atoms with Gasteiger partial charge in [0.15, 0.2) is 5.16 Å². The van der Waals surface area contributed by atoms with E-state index in [1.165, 1.54) is 16.7 Å². The number of nitrogens with one attached hydrogen (secondary N) is 1. The maximum atomic E-state index is 12.3. The lowest BCUT2D eigenvalue weighted by Crippen LogP contribution is -2.27. The molecular formula is C20H16ClN5O3S2. The molecule has 31 heavy (non-hydrogen) atoms. The van der Waals surface area contributed by atoms with Gasteiger partial charge in [-0.2, -0.15) is 0 Å². The minimum Gasteiger partial charge on any atom is -0.325 e. The fourth-order valence-electron chi connectivity index (χ4n) is 2.86. The van der Waals surface area contributed by atoms with Crippen LogP contribution in [-0.4, -0.2) is 48.2 Å². The third-order valence-corrected chi connectivity index (χ3v) is 6.39. The number of thioether (sulfide) groups is 2. The molecule has 0 saturated carbocycles. The summed E-state index contributed by atoms with van der Waals surface area (Å²) in [4.78, 5) is 37.0. The third kappa shape index (κ3) is 5.27. The van der Waals surface area contributed by atoms with E-state index in [1.807, 2.05) is 12.1 Å². The van der Waals surface area contributed by atoms with Crippen LogP contribution in [-0.2, 0) is 16.1 Å². The molecule has 158 valence electrons. The molecule has 1 aromatic heterocycles. The summed E-state index contributed by atoms with van der Waals surface area (Å²) in [6, 6.07) is 14.3. The van der Waals surface area contributed by atoms with Crippen LogP contribution in [0.3, 0.4) is 0 Å². The molecule has 1 N–H and O–H groups in total. The van der Waals surface area contributed by atoms with Crippen molar-refractivity contribution in [1.82, 2.24) is 19.7 Å². The van der Waals surface area contributed by atoms with Crippen LogP contribution in [0, 0.1) is 0 Å². The van der Waals surface area contributed by atoms with Crippen molar-refractivity contribution in [2.24, 2.45) is 0 Å². The molecule has 3 aromatic rings. The van der Waals surface area contributed by atoms with E-state index in [0.717, 1.165) is 23.0 Å². The minimum absolute atomic E-state index is 0.148. The predicted molar refractivity (Wildman–Crippen MR) is 121 cm³/mol. The molecule has 1 aliphatic heterocycles. The summed E-state index contributed by atoms with van der Waals surface area (Å²) < 4.78 is 1.76. The van der Waals surface area contributed by atoms with Gasteiger partial charge in [0.1, 0.15) is 6.33 Å². The molecule has 1 saturated heterocycles. The highest BCUT2D eigenvalue weighted by atomic mass is 35.5. The molecule has 3 amide bonds. The molecule has 1 fully saturated rings. The highest BCUT2D eigenvalue weighted by Gasteiger charge is 2.29. The number of anilines is 1. The lowest BCUT2D eigenvalue weighted by atomic mass is 10.2. The van der Waals surface area contributed by atoms with E-state index >= 15 is 0 Å². The lowest BCUT2D eigenvalue weighted by Gasteiger charge is -2.13. The smallest absolute Gasteiger partial charge is 0.289 e. The topological polar surface area (TPSA) is 97.2 Å². The van der Waals surface area contributed by atoms with Gasteiger partial charge in [0.2, 0.25) is 11.8 Å². The first kappa shape index (κ1) is 21.4. The van der Waals surface area contributed by atoms with Gasteiger partial charge in [0.05, 0.1) is 23.7 Å². The SMILES string of the molecule is O=C(CSc1nncn1-c1cccc(Cl)c1)Nc1ccc(CN2C(=O)CSC2=O)cc1. The number of rotatable bonds is 7. The number of carbonyl (C=O) groups is 3. The molecule has 0 bridgehead atoms. The van der Waals surface area contributed by atoms with E-state index in [0.29, 0.717) is 15.9 Å². The fraction of sp³-hybridized carbons (Fsp3) is 0.150. The second-order valence-corrected chi connectivity index (χ2v) is 8.84. The normalized spacial score (nSPS) is 13.6. The first-order valence-corrected chi connectivity index (χ1v) is 11.5. The summed E-state index contributed by atoms with van der Waals surface area (Å²) in [6.45, 7) is 0.230. The van der Waals surface area contributed by atoms with Gasteiger partial charge in [0.25, 0.3) is 5.24 Å². The molecule has 0 aliphatic carbocycles. The Morgan fingerprint density at radius 3 is 2.71 bits per heavy atom. The number of amides is 3. The Kier molecular flexibility index (Phi) is 6.59. The number of carbonyl (C=O) groups excluding carboxylic acids is 3. The van der Waals surface area contributed by atoms with Crippen molar-refractivity contribution in [3.8, 4) is 5.69 Å². The summed E-state index contributed by atoms with van der Waals surface area (Å²) in [7, 11) is 0. The monoisotopic (exact) mass is 473 g/mol. The molecule has 0 unspecified atom stereocenters. The second kappa shape index (κ2) is 9.54. The van der Waals surface area contributed by atoms with Gasteiger partial charge < -0.3 is 5.32 Å². The van der Waals surface area contributed by atoms with Crippen molar-refractivity contribution in [2.45, 2.75) is 11.7 Å². The van der Waals surface area contributed by atoms with E-state index in [2.05, 4.69) is 15.5 Å². The Balaban J connectivity index is 1.32. The van der Waals surface area contributed by atoms with Crippen molar-refractivity contribution in [3.63, 3.8) is 0 Å². The Bertz CT molecular complexity index is 1120. The van der Waals surface area contributed by atoms with Crippen molar-refractivity contribution in [1.29, 1.82) is 0 Å². The molecule has 0 atom stereocenters. The molecule has 2 aromatic carbocycles. The Hall–Kier alpha value is -2.82. The minimum atomic E-state index is -0.231. The highest BCUT2D eigenvalue weighted by molar-refractivity contribution is 8.14. The molecule has 8 nitrogen and oxygen atoms in total. The van der Waals surface area contributed by atoms with Crippen LogP contribution in [0.25, 0.3) is 5.69 Å². The first-order chi connectivity index (χ1) is 15.0. The second-order valence-electron chi connectivity index (χ2n) is 6.53. The summed E-state index contributed by atoms with van der Waals surface area (Å²) in [6.07, 6.45) is 1.57. The summed E-state index contributed by atoms with van der Waals surface area (Å²) in [5.41, 5.74) is 2.25. The van der Waals surface area contributed by atoms with Crippen molar-refractivity contribution < 1.29 is 14.4 Å². The van der Waals surface area contributed by atoms with Gasteiger partial charge in [-0.3, -0.25) is 23.9 Å². The van der Waals surface area contributed by atoms with Gasteiger partial charge in [0, 0.05) is 10.7 Å². The standard InChI is InChI=1S/C20H16ClN5O3S2/c21-14-2-1-3-16(8-14)26-12-22-24-19(26)30-10-17(27)23-15-6-4-13(5-7-15)9-25-18(28)11-31-20(25)29/h1-8,12H,9-11H2,(H,23,27). The van der Waals surface area contributed by atoms with E-state index < -0.39 is 0 Å². The molecule has 4 rings (SSSR count). The third-order valence-electron chi connectivity index (χ3n) is 4.35. The molecule has 0 radical (unpaired) electrons. The molecule has 1 aliphatic rings. The first-order valence-electron chi connectivity index (χ1n) is 9.14. The van der Waals surface area contributed by atoms with E-state index in [4.69, 9.17) is 11.6 Å². The zero-order chi connectivity index (χ0) is 21.8. The molecular weight excluding hydrogens is 458 g/mol. The Labute approximate surface area is 191 Å². The van der Waals surface area contributed by atoms with E-state index in [-0.39, 0.29) is 35.1 Å². The number of hydrogen-bond acceptors (Lipinski definition) is 7. The average Bonchev–Trinajstić information content (AvgIpc) is 3.35. The number of nitrogens with zero attached hydrogens (tertiary/aromatic N) is 4. The number of benzene rings is 2. The van der Waals surface area contributed by atoms with Crippen LogP contribution in [0.4, 0.5) is 10.5 Å². The van der Waals surface area contributed by atoms with Gasteiger partial charge in [-0.25, -0.2) is 0 Å². The summed E-state index contributed by atoms with van der Waals surface area (Å²) >= 11 is 8.31. The van der Waals surface area contributed by atoms with Gasteiger partial charge in [-0.1, -0.05) is 53.3 Å². The van der Waals surface area contributed by atoms with E-state index in [1.54, 1.807) is 47.3 Å². The Morgan fingerprint density at radius 1 is 1.19 bits per heavy atom.